The molecular formula is C14H14ClNO6. The zero-order valence-electron chi connectivity index (χ0n) is 12.1. The van der Waals surface area contributed by atoms with Gasteiger partial charge in [0.2, 0.25) is 0 Å². The maximum absolute atomic E-state index is 11.7. The summed E-state index contributed by atoms with van der Waals surface area (Å²) in [5.41, 5.74) is 0.102. The molecule has 0 atom stereocenters. The first-order valence-electron chi connectivity index (χ1n) is 5.99. The Morgan fingerprint density at radius 1 is 1.23 bits per heavy atom. The van der Waals surface area contributed by atoms with E-state index in [1.807, 2.05) is 0 Å². The number of methoxy groups -OCH3 is 2. The lowest BCUT2D eigenvalue weighted by molar-refractivity contribution is -0.138. The SMILES string of the molecule is COC(=O)/C=C(/Nc1c(C(=O)O)ccc(Cl)c1C)C(=O)OC. The number of carbonyl (C=O) groups is 3. The Hall–Kier alpha value is -2.54. The molecule has 1 aromatic rings. The van der Waals surface area contributed by atoms with E-state index in [0.717, 1.165) is 20.3 Å². The van der Waals surface area contributed by atoms with Crippen LogP contribution in [0.5, 0.6) is 0 Å². The Morgan fingerprint density at radius 3 is 2.36 bits per heavy atom. The smallest absolute Gasteiger partial charge is 0.354 e. The van der Waals surface area contributed by atoms with Crippen LogP contribution < -0.4 is 5.32 Å². The van der Waals surface area contributed by atoms with Gasteiger partial charge in [-0.1, -0.05) is 11.6 Å². The number of carboxylic acids is 1. The third-order valence-corrected chi connectivity index (χ3v) is 3.17. The molecular weight excluding hydrogens is 314 g/mol. The van der Waals surface area contributed by atoms with E-state index in [2.05, 4.69) is 14.8 Å². The van der Waals surface area contributed by atoms with Crippen LogP contribution in [0.4, 0.5) is 5.69 Å². The van der Waals surface area contributed by atoms with Crippen LogP contribution in [0.3, 0.4) is 0 Å². The molecule has 0 radical (unpaired) electrons. The van der Waals surface area contributed by atoms with E-state index in [4.69, 9.17) is 11.6 Å². The van der Waals surface area contributed by atoms with Gasteiger partial charge in [-0.05, 0) is 24.6 Å². The van der Waals surface area contributed by atoms with Crippen LogP contribution in [0, 0.1) is 6.92 Å². The fourth-order valence-corrected chi connectivity index (χ4v) is 1.75. The van der Waals surface area contributed by atoms with E-state index >= 15 is 0 Å². The summed E-state index contributed by atoms with van der Waals surface area (Å²) < 4.78 is 8.98. The number of ether oxygens (including phenoxy) is 2. The Bertz CT molecular complexity index is 653. The number of anilines is 1. The third-order valence-electron chi connectivity index (χ3n) is 2.76. The van der Waals surface area contributed by atoms with Crippen molar-refractivity contribution in [2.75, 3.05) is 19.5 Å². The summed E-state index contributed by atoms with van der Waals surface area (Å²) in [5, 5.41) is 12.1. The van der Waals surface area contributed by atoms with Crippen LogP contribution in [0.1, 0.15) is 15.9 Å². The summed E-state index contributed by atoms with van der Waals surface area (Å²) in [6, 6.07) is 2.71. The van der Waals surface area contributed by atoms with Crippen molar-refractivity contribution in [3.63, 3.8) is 0 Å². The summed E-state index contributed by atoms with van der Waals surface area (Å²) in [5.74, 6) is -2.88. The standard InChI is InChI=1S/C14H14ClNO6/c1-7-9(15)5-4-8(13(18)19)12(7)16-10(14(20)22-3)6-11(17)21-2/h4-6,16H,1-3H3,(H,18,19)/b10-6+. The van der Waals surface area contributed by atoms with Gasteiger partial charge in [0.05, 0.1) is 31.5 Å². The van der Waals surface area contributed by atoms with E-state index in [1.54, 1.807) is 6.92 Å². The zero-order valence-corrected chi connectivity index (χ0v) is 12.9. The fraction of sp³-hybridized carbons (Fsp3) is 0.214. The van der Waals surface area contributed by atoms with Crippen molar-refractivity contribution in [1.29, 1.82) is 0 Å². The van der Waals surface area contributed by atoms with Crippen molar-refractivity contribution in [3.8, 4) is 0 Å². The number of hydrogen-bond donors (Lipinski definition) is 2. The zero-order chi connectivity index (χ0) is 16.9. The average molecular weight is 328 g/mol. The van der Waals surface area contributed by atoms with Crippen molar-refractivity contribution >= 4 is 35.2 Å². The molecule has 1 aromatic carbocycles. The summed E-state index contributed by atoms with van der Waals surface area (Å²) >= 11 is 5.96. The molecule has 8 heteroatoms. The topological polar surface area (TPSA) is 102 Å². The summed E-state index contributed by atoms with van der Waals surface area (Å²) in [7, 11) is 2.26. The Labute approximate surface area is 131 Å². The number of aromatic carboxylic acids is 1. The summed E-state index contributed by atoms with van der Waals surface area (Å²) in [6.45, 7) is 1.57. The number of esters is 2. The predicted octanol–water partition coefficient (Wildman–Crippen LogP) is 1.99. The second-order valence-electron chi connectivity index (χ2n) is 4.10. The van der Waals surface area contributed by atoms with Gasteiger partial charge >= 0.3 is 17.9 Å². The highest BCUT2D eigenvalue weighted by molar-refractivity contribution is 6.32. The summed E-state index contributed by atoms with van der Waals surface area (Å²) in [6.07, 6.45) is 0.859. The first-order valence-corrected chi connectivity index (χ1v) is 6.37. The van der Waals surface area contributed by atoms with E-state index in [9.17, 15) is 19.5 Å². The lowest BCUT2D eigenvalue weighted by Crippen LogP contribution is -2.18. The fourth-order valence-electron chi connectivity index (χ4n) is 1.59. The number of nitrogens with one attached hydrogen (secondary N) is 1. The normalized spacial score (nSPS) is 10.8. The van der Waals surface area contributed by atoms with Crippen LogP contribution >= 0.6 is 11.6 Å². The van der Waals surface area contributed by atoms with E-state index < -0.39 is 17.9 Å². The molecule has 0 spiro atoms. The van der Waals surface area contributed by atoms with Crippen molar-refractivity contribution < 1.29 is 29.0 Å². The van der Waals surface area contributed by atoms with Gasteiger partial charge < -0.3 is 19.9 Å². The van der Waals surface area contributed by atoms with Crippen LogP contribution in [0.15, 0.2) is 23.9 Å². The van der Waals surface area contributed by atoms with Gasteiger partial charge in [-0.3, -0.25) is 0 Å². The number of hydrogen-bond acceptors (Lipinski definition) is 6. The molecule has 0 fully saturated rings. The molecule has 0 heterocycles. The lowest BCUT2D eigenvalue weighted by Gasteiger charge is -2.15. The molecule has 2 N–H and O–H groups in total. The molecule has 0 unspecified atom stereocenters. The first-order chi connectivity index (χ1) is 10.3. The van der Waals surface area contributed by atoms with E-state index in [0.29, 0.717) is 10.6 Å². The number of halogens is 1. The molecule has 1 rings (SSSR count). The third kappa shape index (κ3) is 3.98. The lowest BCUT2D eigenvalue weighted by atomic mass is 10.1. The van der Waals surface area contributed by atoms with Gasteiger partial charge in [0.15, 0.2) is 0 Å². The largest absolute Gasteiger partial charge is 0.478 e. The van der Waals surface area contributed by atoms with Gasteiger partial charge in [0.25, 0.3) is 0 Å². The van der Waals surface area contributed by atoms with Gasteiger partial charge in [0, 0.05) is 5.02 Å². The molecule has 118 valence electrons. The molecule has 0 amide bonds. The van der Waals surface area contributed by atoms with E-state index in [-0.39, 0.29) is 16.9 Å². The van der Waals surface area contributed by atoms with Crippen LogP contribution in [-0.2, 0) is 19.1 Å². The highest BCUT2D eigenvalue weighted by Gasteiger charge is 2.19. The predicted molar refractivity (Wildman–Crippen MR) is 78.9 cm³/mol. The summed E-state index contributed by atoms with van der Waals surface area (Å²) in [4.78, 5) is 34.3. The minimum Gasteiger partial charge on any atom is -0.478 e. The number of rotatable bonds is 5. The van der Waals surface area contributed by atoms with Crippen molar-refractivity contribution in [2.24, 2.45) is 0 Å². The van der Waals surface area contributed by atoms with Gasteiger partial charge in [-0.15, -0.1) is 0 Å². The molecule has 22 heavy (non-hydrogen) atoms. The van der Waals surface area contributed by atoms with Crippen molar-refractivity contribution in [3.05, 3.63) is 40.1 Å². The maximum Gasteiger partial charge on any atom is 0.354 e. The van der Waals surface area contributed by atoms with Crippen molar-refractivity contribution in [2.45, 2.75) is 6.92 Å². The average Bonchev–Trinajstić information content (AvgIpc) is 2.49. The highest BCUT2D eigenvalue weighted by atomic mass is 35.5. The molecule has 0 aliphatic rings. The Morgan fingerprint density at radius 2 is 1.86 bits per heavy atom. The molecule has 0 saturated heterocycles. The molecule has 0 saturated carbocycles. The minimum atomic E-state index is -1.22. The van der Waals surface area contributed by atoms with Crippen LogP contribution in [-0.4, -0.2) is 37.2 Å². The molecule has 7 nitrogen and oxygen atoms in total. The van der Waals surface area contributed by atoms with Gasteiger partial charge in [-0.25, -0.2) is 14.4 Å². The van der Waals surface area contributed by atoms with Crippen molar-refractivity contribution in [1.82, 2.24) is 0 Å². The molecule has 0 bridgehead atoms. The molecule has 0 aliphatic heterocycles. The Balaban J connectivity index is 3.38. The van der Waals surface area contributed by atoms with Gasteiger partial charge in [-0.2, -0.15) is 0 Å². The molecule has 0 aliphatic carbocycles. The number of carboxylic acid groups (broad SMARTS) is 1. The monoisotopic (exact) mass is 327 g/mol. The second-order valence-corrected chi connectivity index (χ2v) is 4.51. The second kappa shape index (κ2) is 7.46. The van der Waals surface area contributed by atoms with E-state index in [1.165, 1.54) is 12.1 Å². The Kier molecular flexibility index (Phi) is 5.94. The van der Waals surface area contributed by atoms with Crippen LogP contribution in [0.25, 0.3) is 0 Å². The first kappa shape index (κ1) is 17.5. The quantitative estimate of drug-likeness (QED) is 0.629. The number of carbonyl (C=O) groups excluding carboxylic acids is 2. The number of benzene rings is 1. The van der Waals surface area contributed by atoms with Crippen LogP contribution in [0.2, 0.25) is 5.02 Å². The minimum absolute atomic E-state index is 0.0838. The highest BCUT2D eigenvalue weighted by Crippen LogP contribution is 2.29. The van der Waals surface area contributed by atoms with Gasteiger partial charge in [0.1, 0.15) is 5.70 Å². The maximum atomic E-state index is 11.7. The molecule has 0 aromatic heterocycles.